The summed E-state index contributed by atoms with van der Waals surface area (Å²) in [5.74, 6) is 1.08. The van der Waals surface area contributed by atoms with Gasteiger partial charge in [-0.3, -0.25) is 4.79 Å². The molecule has 1 fully saturated rings. The van der Waals surface area contributed by atoms with Crippen LogP contribution < -0.4 is 11.1 Å². The minimum Gasteiger partial charge on any atom is -0.392 e. The van der Waals surface area contributed by atoms with Crippen LogP contribution in [0.3, 0.4) is 0 Å². The highest BCUT2D eigenvalue weighted by Crippen LogP contribution is 2.45. The third kappa shape index (κ3) is 2.54. The fourth-order valence-corrected chi connectivity index (χ4v) is 2.47. The first-order valence-electron chi connectivity index (χ1n) is 6.00. The van der Waals surface area contributed by atoms with Crippen molar-refractivity contribution in [3.8, 4) is 0 Å². The molecular formula is C12H22N2OS. The van der Waals surface area contributed by atoms with Crippen molar-refractivity contribution in [3.63, 3.8) is 0 Å². The number of thiocarbonyl (C=S) groups is 1. The second-order valence-electron chi connectivity index (χ2n) is 5.18. The molecule has 0 heterocycles. The lowest BCUT2D eigenvalue weighted by molar-refractivity contribution is -0.133. The van der Waals surface area contributed by atoms with E-state index in [2.05, 4.69) is 26.1 Å². The molecule has 3 nitrogen and oxygen atoms in total. The van der Waals surface area contributed by atoms with E-state index < -0.39 is 5.41 Å². The number of nitrogens with one attached hydrogen (secondary N) is 1. The summed E-state index contributed by atoms with van der Waals surface area (Å²) in [6.45, 7) is 7.08. The van der Waals surface area contributed by atoms with Crippen molar-refractivity contribution in [2.24, 2.45) is 23.0 Å². The van der Waals surface area contributed by atoms with Gasteiger partial charge in [0, 0.05) is 6.54 Å². The molecule has 16 heavy (non-hydrogen) atoms. The molecule has 1 atom stereocenters. The monoisotopic (exact) mass is 242 g/mol. The van der Waals surface area contributed by atoms with Gasteiger partial charge in [-0.2, -0.15) is 0 Å². The molecule has 1 amide bonds. The summed E-state index contributed by atoms with van der Waals surface area (Å²) in [7, 11) is 0. The second-order valence-corrected chi connectivity index (χ2v) is 5.62. The molecule has 1 saturated carbocycles. The van der Waals surface area contributed by atoms with E-state index in [4.69, 9.17) is 18.0 Å². The van der Waals surface area contributed by atoms with E-state index in [1.165, 1.54) is 0 Å². The van der Waals surface area contributed by atoms with Crippen molar-refractivity contribution in [3.05, 3.63) is 0 Å². The van der Waals surface area contributed by atoms with Gasteiger partial charge in [-0.1, -0.05) is 39.4 Å². The van der Waals surface area contributed by atoms with Crippen LogP contribution in [-0.4, -0.2) is 17.4 Å². The van der Waals surface area contributed by atoms with E-state index in [1.807, 2.05) is 0 Å². The first-order chi connectivity index (χ1) is 7.42. The molecule has 1 unspecified atom stereocenters. The molecule has 3 N–H and O–H groups in total. The third-order valence-corrected chi connectivity index (χ3v) is 4.00. The summed E-state index contributed by atoms with van der Waals surface area (Å²) in [6.07, 6.45) is 2.67. The van der Waals surface area contributed by atoms with Crippen molar-refractivity contribution in [2.45, 2.75) is 40.0 Å². The molecule has 1 aliphatic rings. The Bertz CT molecular complexity index is 285. The number of hydrogen-bond acceptors (Lipinski definition) is 2. The van der Waals surface area contributed by atoms with Gasteiger partial charge >= 0.3 is 0 Å². The van der Waals surface area contributed by atoms with E-state index in [0.29, 0.717) is 23.4 Å². The molecule has 0 aromatic carbocycles. The molecule has 0 aromatic rings. The summed E-state index contributed by atoms with van der Waals surface area (Å²) < 4.78 is 0. The highest BCUT2D eigenvalue weighted by atomic mass is 32.1. The van der Waals surface area contributed by atoms with Gasteiger partial charge in [-0.05, 0) is 24.7 Å². The smallest absolute Gasteiger partial charge is 0.233 e. The Morgan fingerprint density at radius 2 is 2.19 bits per heavy atom. The summed E-state index contributed by atoms with van der Waals surface area (Å²) in [6, 6.07) is 0. The predicted molar refractivity (Wildman–Crippen MR) is 70.1 cm³/mol. The number of carbonyl (C=O) groups excluding carboxylic acids is 1. The molecule has 0 aliphatic heterocycles. The number of amides is 1. The Morgan fingerprint density at radius 1 is 1.62 bits per heavy atom. The number of rotatable bonds is 5. The average Bonchev–Trinajstić information content (AvgIpc) is 2.19. The van der Waals surface area contributed by atoms with Crippen molar-refractivity contribution < 1.29 is 4.79 Å². The first kappa shape index (κ1) is 13.4. The van der Waals surface area contributed by atoms with Crippen LogP contribution in [0.2, 0.25) is 0 Å². The van der Waals surface area contributed by atoms with Gasteiger partial charge in [0.1, 0.15) is 0 Å². The molecule has 92 valence electrons. The number of carbonyl (C=O) groups is 1. The molecule has 0 aromatic heterocycles. The lowest BCUT2D eigenvalue weighted by atomic mass is 9.62. The Morgan fingerprint density at radius 3 is 2.56 bits per heavy atom. The highest BCUT2D eigenvalue weighted by molar-refractivity contribution is 7.80. The van der Waals surface area contributed by atoms with E-state index in [1.54, 1.807) is 0 Å². The standard InChI is InChI=1S/C12H22N2OS/c1-4-8(2)7-14-11(15)12(10(13)16)5-9(3)6-12/h8-9H,4-7H2,1-3H3,(H2,13,16)(H,14,15). The second kappa shape index (κ2) is 5.13. The van der Waals surface area contributed by atoms with E-state index in [-0.39, 0.29) is 5.91 Å². The van der Waals surface area contributed by atoms with Crippen LogP contribution >= 0.6 is 12.2 Å². The van der Waals surface area contributed by atoms with E-state index >= 15 is 0 Å². The van der Waals surface area contributed by atoms with Crippen molar-refractivity contribution in [1.82, 2.24) is 5.32 Å². The zero-order valence-electron chi connectivity index (χ0n) is 10.4. The molecule has 0 radical (unpaired) electrons. The van der Waals surface area contributed by atoms with Gasteiger partial charge in [-0.25, -0.2) is 0 Å². The van der Waals surface area contributed by atoms with Gasteiger partial charge in [0.25, 0.3) is 0 Å². The molecular weight excluding hydrogens is 220 g/mol. The van der Waals surface area contributed by atoms with Gasteiger partial charge in [0.15, 0.2) is 0 Å². The summed E-state index contributed by atoms with van der Waals surface area (Å²) in [5.41, 5.74) is 5.15. The van der Waals surface area contributed by atoms with Crippen LogP contribution in [0.15, 0.2) is 0 Å². The average molecular weight is 242 g/mol. The van der Waals surface area contributed by atoms with Crippen LogP contribution in [0.1, 0.15) is 40.0 Å². The number of hydrogen-bond donors (Lipinski definition) is 2. The first-order valence-corrected chi connectivity index (χ1v) is 6.41. The zero-order chi connectivity index (χ0) is 12.3. The molecule has 4 heteroatoms. The summed E-state index contributed by atoms with van der Waals surface area (Å²) in [4.78, 5) is 12.4. The number of nitrogens with two attached hydrogens (primary N) is 1. The van der Waals surface area contributed by atoms with Crippen molar-refractivity contribution in [2.75, 3.05) is 6.54 Å². The largest absolute Gasteiger partial charge is 0.392 e. The van der Waals surface area contributed by atoms with E-state index in [9.17, 15) is 4.79 Å². The van der Waals surface area contributed by atoms with E-state index in [0.717, 1.165) is 19.3 Å². The Kier molecular flexibility index (Phi) is 4.30. The Balaban J connectivity index is 2.54. The van der Waals surface area contributed by atoms with Crippen LogP contribution in [0.25, 0.3) is 0 Å². The Hall–Kier alpha value is -0.640. The van der Waals surface area contributed by atoms with Gasteiger partial charge < -0.3 is 11.1 Å². The van der Waals surface area contributed by atoms with Crippen LogP contribution in [0, 0.1) is 17.3 Å². The topological polar surface area (TPSA) is 55.1 Å². The predicted octanol–water partition coefficient (Wildman–Crippen LogP) is 1.85. The van der Waals surface area contributed by atoms with Crippen LogP contribution in [-0.2, 0) is 4.79 Å². The summed E-state index contributed by atoms with van der Waals surface area (Å²) >= 11 is 5.04. The molecule has 1 aliphatic carbocycles. The van der Waals surface area contributed by atoms with Crippen molar-refractivity contribution in [1.29, 1.82) is 0 Å². The van der Waals surface area contributed by atoms with Gasteiger partial charge in [-0.15, -0.1) is 0 Å². The molecule has 0 saturated heterocycles. The minimum atomic E-state index is -0.553. The SMILES string of the molecule is CCC(C)CNC(=O)C1(C(N)=S)CC(C)C1. The molecule has 1 rings (SSSR count). The van der Waals surface area contributed by atoms with Crippen LogP contribution in [0.5, 0.6) is 0 Å². The van der Waals surface area contributed by atoms with Gasteiger partial charge in [0.2, 0.25) is 5.91 Å². The third-order valence-electron chi connectivity index (χ3n) is 3.61. The lowest BCUT2D eigenvalue weighted by Gasteiger charge is -2.44. The fraction of sp³-hybridized carbons (Fsp3) is 0.833. The maximum atomic E-state index is 12.1. The Labute approximate surface area is 103 Å². The molecule has 0 spiro atoms. The molecule has 0 bridgehead atoms. The maximum Gasteiger partial charge on any atom is 0.233 e. The highest BCUT2D eigenvalue weighted by Gasteiger charge is 2.50. The van der Waals surface area contributed by atoms with Crippen LogP contribution in [0.4, 0.5) is 0 Å². The maximum absolute atomic E-state index is 12.1. The fourth-order valence-electron chi connectivity index (χ4n) is 2.21. The minimum absolute atomic E-state index is 0.0263. The summed E-state index contributed by atoms with van der Waals surface area (Å²) in [5, 5.41) is 2.97. The normalized spacial score (nSPS) is 30.3. The quantitative estimate of drug-likeness (QED) is 0.723. The lowest BCUT2D eigenvalue weighted by Crippen LogP contribution is -2.56. The van der Waals surface area contributed by atoms with Gasteiger partial charge in [0.05, 0.1) is 10.4 Å². The van der Waals surface area contributed by atoms with Crippen molar-refractivity contribution >= 4 is 23.1 Å². The zero-order valence-corrected chi connectivity index (χ0v) is 11.2.